The first-order valence-corrected chi connectivity index (χ1v) is 7.97. The first-order chi connectivity index (χ1) is 11.6. The zero-order valence-corrected chi connectivity index (χ0v) is 14.5. The molecule has 0 heterocycles. The summed E-state index contributed by atoms with van der Waals surface area (Å²) in [5.74, 6) is 2.46. The Kier molecular flexibility index (Phi) is 6.49. The number of nitrogens with one attached hydrogen (secondary N) is 1. The van der Waals surface area contributed by atoms with E-state index in [1.807, 2.05) is 36.4 Å². The third-order valence-electron chi connectivity index (χ3n) is 3.87. The van der Waals surface area contributed by atoms with Crippen molar-refractivity contribution in [3.63, 3.8) is 0 Å². The molecule has 0 amide bonds. The van der Waals surface area contributed by atoms with Crippen LogP contribution in [0.1, 0.15) is 24.8 Å². The topological polar surface area (TPSA) is 68.9 Å². The number of benzene rings is 2. The number of rotatable bonds is 7. The van der Waals surface area contributed by atoms with Crippen molar-refractivity contribution in [2.24, 2.45) is 10.7 Å². The van der Waals surface area contributed by atoms with Gasteiger partial charge in [0, 0.05) is 18.3 Å². The molecular formula is C19H25N3O2. The summed E-state index contributed by atoms with van der Waals surface area (Å²) < 4.78 is 10.4. The van der Waals surface area contributed by atoms with Crippen LogP contribution in [0.25, 0.3) is 0 Å². The summed E-state index contributed by atoms with van der Waals surface area (Å²) >= 11 is 0. The van der Waals surface area contributed by atoms with E-state index < -0.39 is 0 Å². The van der Waals surface area contributed by atoms with Crippen LogP contribution in [0.5, 0.6) is 11.5 Å². The quantitative estimate of drug-likeness (QED) is 0.602. The molecule has 0 fully saturated rings. The minimum atomic E-state index is 0.407. The van der Waals surface area contributed by atoms with Crippen molar-refractivity contribution in [3.05, 3.63) is 54.1 Å². The fourth-order valence-corrected chi connectivity index (χ4v) is 2.37. The number of ether oxygens (including phenoxy) is 2. The highest BCUT2D eigenvalue weighted by Crippen LogP contribution is 2.22. The average Bonchev–Trinajstić information content (AvgIpc) is 2.61. The molecule has 5 heteroatoms. The van der Waals surface area contributed by atoms with Crippen LogP contribution in [0.3, 0.4) is 0 Å². The van der Waals surface area contributed by atoms with Gasteiger partial charge in [0.25, 0.3) is 0 Å². The Balaban J connectivity index is 1.85. The lowest BCUT2D eigenvalue weighted by molar-refractivity contribution is 0.414. The zero-order chi connectivity index (χ0) is 17.4. The highest BCUT2D eigenvalue weighted by atomic mass is 16.5. The number of nitrogens with zero attached hydrogens (tertiary/aromatic N) is 1. The van der Waals surface area contributed by atoms with E-state index in [2.05, 4.69) is 29.4 Å². The summed E-state index contributed by atoms with van der Waals surface area (Å²) in [4.78, 5) is 4.39. The standard InChI is InChI=1S/C19H25N3O2/c1-14(15-7-9-17(23-2)10-8-15)11-12-21-19(20)22-16-5-4-6-18(13-16)24-3/h4-10,13-14H,11-12H2,1-3H3,(H3,20,21,22). The molecule has 1 atom stereocenters. The number of hydrogen-bond donors (Lipinski definition) is 2. The lowest BCUT2D eigenvalue weighted by Gasteiger charge is -2.12. The van der Waals surface area contributed by atoms with Crippen LogP contribution in [0.15, 0.2) is 53.5 Å². The SMILES string of the molecule is COc1ccc(C(C)CCN=C(N)Nc2cccc(OC)c2)cc1. The van der Waals surface area contributed by atoms with E-state index in [0.29, 0.717) is 18.4 Å². The smallest absolute Gasteiger partial charge is 0.193 e. The maximum Gasteiger partial charge on any atom is 0.193 e. The molecule has 128 valence electrons. The van der Waals surface area contributed by atoms with Crippen LogP contribution in [0.4, 0.5) is 5.69 Å². The lowest BCUT2D eigenvalue weighted by Crippen LogP contribution is -2.23. The molecule has 2 aromatic rings. The minimum Gasteiger partial charge on any atom is -0.497 e. The van der Waals surface area contributed by atoms with Gasteiger partial charge in [0.1, 0.15) is 11.5 Å². The highest BCUT2D eigenvalue weighted by molar-refractivity contribution is 5.92. The summed E-state index contributed by atoms with van der Waals surface area (Å²) in [5, 5.41) is 3.08. The highest BCUT2D eigenvalue weighted by Gasteiger charge is 2.05. The monoisotopic (exact) mass is 327 g/mol. The molecule has 0 radical (unpaired) electrons. The van der Waals surface area contributed by atoms with E-state index in [0.717, 1.165) is 23.6 Å². The van der Waals surface area contributed by atoms with Crippen LogP contribution in [-0.4, -0.2) is 26.7 Å². The van der Waals surface area contributed by atoms with Gasteiger partial charge in [-0.25, -0.2) is 0 Å². The van der Waals surface area contributed by atoms with Crippen LogP contribution in [0.2, 0.25) is 0 Å². The Bertz CT molecular complexity index is 669. The van der Waals surface area contributed by atoms with E-state index in [4.69, 9.17) is 15.2 Å². The number of aliphatic imine (C=N–C) groups is 1. The molecule has 0 aliphatic heterocycles. The van der Waals surface area contributed by atoms with Crippen molar-refractivity contribution in [3.8, 4) is 11.5 Å². The molecule has 3 N–H and O–H groups in total. The van der Waals surface area contributed by atoms with Crippen LogP contribution in [0, 0.1) is 0 Å². The van der Waals surface area contributed by atoms with Gasteiger partial charge in [-0.15, -0.1) is 0 Å². The van der Waals surface area contributed by atoms with E-state index in [-0.39, 0.29) is 0 Å². The van der Waals surface area contributed by atoms with Gasteiger partial charge in [0.15, 0.2) is 5.96 Å². The number of anilines is 1. The third-order valence-corrected chi connectivity index (χ3v) is 3.87. The summed E-state index contributed by atoms with van der Waals surface area (Å²) in [6, 6.07) is 15.7. The van der Waals surface area contributed by atoms with Gasteiger partial charge >= 0.3 is 0 Å². The fourth-order valence-electron chi connectivity index (χ4n) is 2.37. The first kappa shape index (κ1) is 17.7. The molecule has 2 aromatic carbocycles. The molecule has 0 bridgehead atoms. The fraction of sp³-hybridized carbons (Fsp3) is 0.316. The Morgan fingerprint density at radius 1 is 1.08 bits per heavy atom. The van der Waals surface area contributed by atoms with Gasteiger partial charge in [-0.2, -0.15) is 0 Å². The second-order valence-electron chi connectivity index (χ2n) is 5.59. The number of hydrogen-bond acceptors (Lipinski definition) is 3. The molecule has 0 aliphatic rings. The Hall–Kier alpha value is -2.69. The van der Waals surface area contributed by atoms with Gasteiger partial charge < -0.3 is 20.5 Å². The minimum absolute atomic E-state index is 0.407. The Labute approximate surface area is 143 Å². The summed E-state index contributed by atoms with van der Waals surface area (Å²) in [6.45, 7) is 2.85. The van der Waals surface area contributed by atoms with Crippen molar-refractivity contribution < 1.29 is 9.47 Å². The summed E-state index contributed by atoms with van der Waals surface area (Å²) in [6.07, 6.45) is 0.923. The number of nitrogens with two attached hydrogens (primary N) is 1. The summed E-state index contributed by atoms with van der Waals surface area (Å²) in [7, 11) is 3.31. The molecule has 5 nitrogen and oxygen atoms in total. The second-order valence-corrected chi connectivity index (χ2v) is 5.59. The molecule has 0 spiro atoms. The number of methoxy groups -OCH3 is 2. The number of guanidine groups is 1. The molecular weight excluding hydrogens is 302 g/mol. The third kappa shape index (κ3) is 5.19. The average molecular weight is 327 g/mol. The van der Waals surface area contributed by atoms with Crippen LogP contribution >= 0.6 is 0 Å². The van der Waals surface area contributed by atoms with Crippen molar-refractivity contribution in [1.29, 1.82) is 0 Å². The van der Waals surface area contributed by atoms with E-state index >= 15 is 0 Å². The molecule has 0 saturated heterocycles. The van der Waals surface area contributed by atoms with Crippen molar-refractivity contribution in [2.45, 2.75) is 19.3 Å². The normalized spacial score (nSPS) is 12.5. The van der Waals surface area contributed by atoms with E-state index in [9.17, 15) is 0 Å². The van der Waals surface area contributed by atoms with Gasteiger partial charge in [-0.3, -0.25) is 4.99 Å². The van der Waals surface area contributed by atoms with Gasteiger partial charge in [-0.1, -0.05) is 25.1 Å². The Morgan fingerprint density at radius 2 is 1.79 bits per heavy atom. The molecule has 0 aromatic heterocycles. The molecule has 0 saturated carbocycles. The lowest BCUT2D eigenvalue weighted by atomic mass is 9.98. The molecule has 1 unspecified atom stereocenters. The largest absolute Gasteiger partial charge is 0.497 e. The van der Waals surface area contributed by atoms with Gasteiger partial charge in [0.2, 0.25) is 0 Å². The zero-order valence-electron chi connectivity index (χ0n) is 14.5. The molecule has 24 heavy (non-hydrogen) atoms. The summed E-state index contributed by atoms with van der Waals surface area (Å²) in [5.41, 5.74) is 8.07. The van der Waals surface area contributed by atoms with Crippen LogP contribution in [-0.2, 0) is 0 Å². The maximum atomic E-state index is 5.94. The maximum absolute atomic E-state index is 5.94. The van der Waals surface area contributed by atoms with Gasteiger partial charge in [0.05, 0.1) is 14.2 Å². The predicted molar refractivity (Wildman–Crippen MR) is 99.1 cm³/mol. The first-order valence-electron chi connectivity index (χ1n) is 7.97. The van der Waals surface area contributed by atoms with E-state index in [1.165, 1.54) is 5.56 Å². The van der Waals surface area contributed by atoms with E-state index in [1.54, 1.807) is 14.2 Å². The molecule has 2 rings (SSSR count). The van der Waals surface area contributed by atoms with Crippen molar-refractivity contribution in [2.75, 3.05) is 26.1 Å². The van der Waals surface area contributed by atoms with Crippen molar-refractivity contribution in [1.82, 2.24) is 0 Å². The van der Waals surface area contributed by atoms with Crippen molar-refractivity contribution >= 4 is 11.6 Å². The molecule has 0 aliphatic carbocycles. The predicted octanol–water partition coefficient (Wildman–Crippen LogP) is 3.62. The Morgan fingerprint density at radius 3 is 2.46 bits per heavy atom. The van der Waals surface area contributed by atoms with Crippen LogP contribution < -0.4 is 20.5 Å². The van der Waals surface area contributed by atoms with Gasteiger partial charge in [-0.05, 0) is 42.2 Å². The second kappa shape index (κ2) is 8.82.